The average molecular weight is 397 g/mol. The second-order valence-corrected chi connectivity index (χ2v) is 6.57. The molecule has 0 bridgehead atoms. The number of aryl methyl sites for hydroxylation is 1. The number of tetrazole rings is 1. The summed E-state index contributed by atoms with van der Waals surface area (Å²) >= 11 is 0. The fraction of sp³-hybridized carbons (Fsp3) is 0.0500. The van der Waals surface area contributed by atoms with Crippen molar-refractivity contribution < 1.29 is 4.79 Å². The molecule has 0 radical (unpaired) electrons. The van der Waals surface area contributed by atoms with Crippen molar-refractivity contribution in [3.05, 3.63) is 78.4 Å². The number of anilines is 1. The van der Waals surface area contributed by atoms with E-state index in [0.717, 1.165) is 17.1 Å². The Balaban J connectivity index is 1.35. The number of rotatable bonds is 4. The summed E-state index contributed by atoms with van der Waals surface area (Å²) in [6.45, 7) is 1.85. The normalized spacial score (nSPS) is 11.0. The fourth-order valence-corrected chi connectivity index (χ4v) is 3.05. The van der Waals surface area contributed by atoms with Gasteiger partial charge in [-0.3, -0.25) is 4.79 Å². The summed E-state index contributed by atoms with van der Waals surface area (Å²) in [6, 6.07) is 18.3. The third-order valence-corrected chi connectivity index (χ3v) is 4.58. The van der Waals surface area contributed by atoms with Crippen molar-refractivity contribution in [2.75, 3.05) is 5.32 Å². The van der Waals surface area contributed by atoms with E-state index in [4.69, 9.17) is 0 Å². The first-order valence-corrected chi connectivity index (χ1v) is 9.12. The number of carbonyl (C=O) groups excluding carboxylic acids is 1. The van der Waals surface area contributed by atoms with Gasteiger partial charge in [-0.25, -0.2) is 4.68 Å². The number of amides is 1. The van der Waals surface area contributed by atoms with Crippen LogP contribution in [0.2, 0.25) is 0 Å². The van der Waals surface area contributed by atoms with Gasteiger partial charge in [-0.05, 0) is 59.8 Å². The zero-order valence-corrected chi connectivity index (χ0v) is 15.8. The molecule has 0 saturated heterocycles. The van der Waals surface area contributed by atoms with Gasteiger partial charge in [-0.1, -0.05) is 18.2 Å². The predicted octanol–water partition coefficient (Wildman–Crippen LogP) is 2.33. The lowest BCUT2D eigenvalue weighted by molar-refractivity contribution is 0.102. The topological polar surface area (TPSA) is 116 Å². The van der Waals surface area contributed by atoms with E-state index < -0.39 is 0 Å². The van der Waals surface area contributed by atoms with Crippen LogP contribution in [-0.2, 0) is 0 Å². The molecule has 146 valence electrons. The molecule has 2 aromatic carbocycles. The van der Waals surface area contributed by atoms with Crippen LogP contribution in [0.1, 0.15) is 16.2 Å². The standard InChI is InChI=1S/C20H15N9O/c1-13-23-24-19-10-9-18(25-29(13)19)14-5-7-16(8-6-14)22-20(30)15-3-2-4-17(11-15)28-12-21-26-27-28/h2-12H,1H3,(H,22,30). The molecule has 0 spiro atoms. The third-order valence-electron chi connectivity index (χ3n) is 4.58. The van der Waals surface area contributed by atoms with Gasteiger partial charge in [0.05, 0.1) is 11.4 Å². The molecule has 5 rings (SSSR count). The van der Waals surface area contributed by atoms with Crippen molar-refractivity contribution in [3.63, 3.8) is 0 Å². The molecule has 1 amide bonds. The van der Waals surface area contributed by atoms with Gasteiger partial charge in [0.2, 0.25) is 0 Å². The van der Waals surface area contributed by atoms with Crippen molar-refractivity contribution in [2.45, 2.75) is 6.92 Å². The number of nitrogens with one attached hydrogen (secondary N) is 1. The monoisotopic (exact) mass is 397 g/mol. The number of carbonyl (C=O) groups is 1. The second kappa shape index (κ2) is 7.17. The summed E-state index contributed by atoms with van der Waals surface area (Å²) in [5.41, 5.74) is 4.29. The Morgan fingerprint density at radius 2 is 1.87 bits per heavy atom. The number of hydrogen-bond donors (Lipinski definition) is 1. The molecule has 0 saturated carbocycles. The van der Waals surface area contributed by atoms with Gasteiger partial charge in [0.1, 0.15) is 6.33 Å². The zero-order valence-electron chi connectivity index (χ0n) is 15.8. The minimum atomic E-state index is -0.225. The Kier molecular flexibility index (Phi) is 4.21. The maximum absolute atomic E-state index is 12.6. The molecule has 0 fully saturated rings. The van der Waals surface area contributed by atoms with Crippen molar-refractivity contribution in [3.8, 4) is 16.9 Å². The quantitative estimate of drug-likeness (QED) is 0.495. The van der Waals surface area contributed by atoms with Gasteiger partial charge in [0.15, 0.2) is 11.5 Å². The van der Waals surface area contributed by atoms with E-state index in [1.54, 1.807) is 22.7 Å². The van der Waals surface area contributed by atoms with E-state index in [-0.39, 0.29) is 5.91 Å². The molecule has 10 heteroatoms. The summed E-state index contributed by atoms with van der Waals surface area (Å²) < 4.78 is 3.19. The number of nitrogens with zero attached hydrogens (tertiary/aromatic N) is 8. The highest BCUT2D eigenvalue weighted by molar-refractivity contribution is 6.04. The van der Waals surface area contributed by atoms with Gasteiger partial charge in [-0.2, -0.15) is 9.61 Å². The Morgan fingerprint density at radius 1 is 1.00 bits per heavy atom. The first-order chi connectivity index (χ1) is 14.7. The average Bonchev–Trinajstić information content (AvgIpc) is 3.45. The number of aromatic nitrogens is 8. The molecule has 1 N–H and O–H groups in total. The molecule has 0 atom stereocenters. The molecule has 30 heavy (non-hydrogen) atoms. The maximum atomic E-state index is 12.6. The van der Waals surface area contributed by atoms with Gasteiger partial charge >= 0.3 is 0 Å². The zero-order chi connectivity index (χ0) is 20.5. The van der Waals surface area contributed by atoms with Crippen LogP contribution in [0, 0.1) is 6.92 Å². The summed E-state index contributed by atoms with van der Waals surface area (Å²) in [5.74, 6) is 0.497. The SMILES string of the molecule is Cc1nnc2ccc(-c3ccc(NC(=O)c4cccc(-n5cnnn5)c4)cc3)nn12. The molecular formula is C20H15N9O. The van der Waals surface area contributed by atoms with Crippen molar-refractivity contribution in [2.24, 2.45) is 0 Å². The van der Waals surface area contributed by atoms with Crippen LogP contribution in [0.4, 0.5) is 5.69 Å². The van der Waals surface area contributed by atoms with Crippen LogP contribution in [-0.4, -0.2) is 45.9 Å². The van der Waals surface area contributed by atoms with Gasteiger partial charge in [0.25, 0.3) is 5.91 Å². The molecule has 5 aromatic rings. The van der Waals surface area contributed by atoms with Crippen molar-refractivity contribution >= 4 is 17.2 Å². The molecule has 0 aliphatic rings. The molecule has 0 aliphatic heterocycles. The Labute approximate surface area is 170 Å². The van der Waals surface area contributed by atoms with Gasteiger partial charge in [0, 0.05) is 16.8 Å². The molecule has 0 aliphatic carbocycles. The van der Waals surface area contributed by atoms with Crippen LogP contribution in [0.5, 0.6) is 0 Å². The summed E-state index contributed by atoms with van der Waals surface area (Å²) in [6.07, 6.45) is 1.47. The van der Waals surface area contributed by atoms with Gasteiger partial charge < -0.3 is 5.32 Å². The molecule has 0 unspecified atom stereocenters. The van der Waals surface area contributed by atoms with Gasteiger partial charge in [-0.15, -0.1) is 15.3 Å². The molecular weight excluding hydrogens is 382 g/mol. The van der Waals surface area contributed by atoms with Crippen LogP contribution < -0.4 is 5.32 Å². The highest BCUT2D eigenvalue weighted by Crippen LogP contribution is 2.21. The van der Waals surface area contributed by atoms with Crippen molar-refractivity contribution in [1.29, 1.82) is 0 Å². The lowest BCUT2D eigenvalue weighted by Crippen LogP contribution is -2.12. The highest BCUT2D eigenvalue weighted by atomic mass is 16.1. The maximum Gasteiger partial charge on any atom is 0.255 e. The van der Waals surface area contributed by atoms with Crippen LogP contribution in [0.3, 0.4) is 0 Å². The molecule has 3 heterocycles. The van der Waals surface area contributed by atoms with E-state index in [1.807, 2.05) is 49.4 Å². The molecule has 10 nitrogen and oxygen atoms in total. The first-order valence-electron chi connectivity index (χ1n) is 9.12. The summed E-state index contributed by atoms with van der Waals surface area (Å²) in [5, 5.41) is 26.6. The Hall–Kier alpha value is -4.47. The van der Waals surface area contributed by atoms with E-state index in [2.05, 4.69) is 36.1 Å². The number of fused-ring (bicyclic) bond motifs is 1. The lowest BCUT2D eigenvalue weighted by Gasteiger charge is -2.08. The minimum Gasteiger partial charge on any atom is -0.322 e. The molecule has 3 aromatic heterocycles. The fourth-order valence-electron chi connectivity index (χ4n) is 3.05. The second-order valence-electron chi connectivity index (χ2n) is 6.57. The van der Waals surface area contributed by atoms with Crippen LogP contribution in [0.15, 0.2) is 67.0 Å². The first kappa shape index (κ1) is 17.6. The number of benzene rings is 2. The van der Waals surface area contributed by atoms with Crippen LogP contribution in [0.25, 0.3) is 22.6 Å². The lowest BCUT2D eigenvalue weighted by atomic mass is 10.1. The Bertz CT molecular complexity index is 1340. The smallest absolute Gasteiger partial charge is 0.255 e. The van der Waals surface area contributed by atoms with Crippen LogP contribution >= 0.6 is 0 Å². The predicted molar refractivity (Wildman–Crippen MR) is 108 cm³/mol. The minimum absolute atomic E-state index is 0.225. The Morgan fingerprint density at radius 3 is 2.67 bits per heavy atom. The van der Waals surface area contributed by atoms with E-state index in [9.17, 15) is 4.79 Å². The summed E-state index contributed by atoms with van der Waals surface area (Å²) in [4.78, 5) is 12.6. The van der Waals surface area contributed by atoms with Crippen molar-refractivity contribution in [1.82, 2.24) is 40.0 Å². The number of hydrogen-bond acceptors (Lipinski definition) is 7. The third kappa shape index (κ3) is 3.26. The highest BCUT2D eigenvalue weighted by Gasteiger charge is 2.10. The van der Waals surface area contributed by atoms with E-state index in [0.29, 0.717) is 22.6 Å². The summed E-state index contributed by atoms with van der Waals surface area (Å²) in [7, 11) is 0. The van der Waals surface area contributed by atoms with E-state index >= 15 is 0 Å². The van der Waals surface area contributed by atoms with E-state index in [1.165, 1.54) is 11.0 Å². The largest absolute Gasteiger partial charge is 0.322 e.